The molecule has 0 saturated carbocycles. The Labute approximate surface area is 93.0 Å². The van der Waals surface area contributed by atoms with Crippen molar-refractivity contribution in [2.45, 2.75) is 26.0 Å². The van der Waals surface area contributed by atoms with Crippen LogP contribution in [0.4, 0.5) is 0 Å². The molecule has 2 heterocycles. The number of aliphatic hydroxyl groups excluding tert-OH is 1. The Bertz CT molecular complexity index is 353. The minimum absolute atomic E-state index is 0.00829. The van der Waals surface area contributed by atoms with E-state index in [1.165, 1.54) is 11.0 Å². The Hall–Kier alpha value is -1.50. The maximum absolute atomic E-state index is 11.8. The second-order valence-electron chi connectivity index (χ2n) is 4.18. The number of carbonyl (C=O) groups excluding carboxylic acids is 1. The minimum atomic E-state index is -0.294. The van der Waals surface area contributed by atoms with Gasteiger partial charge in [-0.3, -0.25) is 4.79 Å². The monoisotopic (exact) mass is 225 g/mol. The summed E-state index contributed by atoms with van der Waals surface area (Å²) in [7, 11) is 0. The second kappa shape index (κ2) is 4.56. The Kier molecular flexibility index (Phi) is 3.14. The van der Waals surface area contributed by atoms with Gasteiger partial charge in [-0.2, -0.15) is 0 Å². The zero-order valence-electron chi connectivity index (χ0n) is 9.15. The third kappa shape index (κ3) is 2.35. The summed E-state index contributed by atoms with van der Waals surface area (Å²) in [5, 5.41) is 20.1. The van der Waals surface area contributed by atoms with Gasteiger partial charge in [-0.1, -0.05) is 6.92 Å². The van der Waals surface area contributed by atoms with Gasteiger partial charge < -0.3 is 10.0 Å². The third-order valence-corrected chi connectivity index (χ3v) is 2.90. The van der Waals surface area contributed by atoms with Crippen LogP contribution in [0.1, 0.15) is 13.3 Å². The highest BCUT2D eigenvalue weighted by molar-refractivity contribution is 5.75. The topological polar surface area (TPSA) is 84.1 Å². The summed E-state index contributed by atoms with van der Waals surface area (Å²) in [4.78, 5) is 13.6. The first kappa shape index (κ1) is 11.0. The maximum atomic E-state index is 11.8. The fourth-order valence-corrected chi connectivity index (χ4v) is 1.85. The van der Waals surface area contributed by atoms with Crippen molar-refractivity contribution in [1.29, 1.82) is 0 Å². The fraction of sp³-hybridized carbons (Fsp3) is 0.778. The van der Waals surface area contributed by atoms with E-state index in [-0.39, 0.29) is 24.5 Å². The van der Waals surface area contributed by atoms with Crippen LogP contribution in [0.5, 0.6) is 0 Å². The van der Waals surface area contributed by atoms with Gasteiger partial charge in [0.1, 0.15) is 12.9 Å². The highest BCUT2D eigenvalue weighted by Gasteiger charge is 2.27. The van der Waals surface area contributed by atoms with Gasteiger partial charge in [-0.05, 0) is 22.8 Å². The van der Waals surface area contributed by atoms with Gasteiger partial charge in [0.15, 0.2) is 0 Å². The molecular weight excluding hydrogens is 210 g/mol. The number of tetrazole rings is 1. The number of likely N-dealkylation sites (tertiary alicyclic amines) is 1. The number of amides is 1. The lowest BCUT2D eigenvalue weighted by Gasteiger charge is -2.34. The molecule has 1 aromatic heterocycles. The molecule has 0 bridgehead atoms. The number of aliphatic hydroxyl groups is 1. The Morgan fingerprint density at radius 2 is 2.44 bits per heavy atom. The van der Waals surface area contributed by atoms with E-state index in [4.69, 9.17) is 0 Å². The lowest BCUT2D eigenvalue weighted by molar-refractivity contribution is -0.135. The number of piperidine rings is 1. The number of aromatic nitrogens is 4. The number of hydrogen-bond acceptors (Lipinski definition) is 5. The normalized spacial score (nSPS) is 25.8. The Morgan fingerprint density at radius 1 is 1.62 bits per heavy atom. The zero-order valence-corrected chi connectivity index (χ0v) is 9.15. The molecule has 88 valence electrons. The molecule has 0 aromatic carbocycles. The van der Waals surface area contributed by atoms with Gasteiger partial charge in [0.25, 0.3) is 0 Å². The van der Waals surface area contributed by atoms with Crippen LogP contribution < -0.4 is 0 Å². The summed E-state index contributed by atoms with van der Waals surface area (Å²) in [6.07, 6.45) is 1.76. The highest BCUT2D eigenvalue weighted by Crippen LogP contribution is 2.16. The van der Waals surface area contributed by atoms with Crippen LogP contribution in [0, 0.1) is 5.92 Å². The molecule has 1 aliphatic rings. The zero-order chi connectivity index (χ0) is 11.5. The van der Waals surface area contributed by atoms with E-state index in [9.17, 15) is 9.90 Å². The summed E-state index contributed by atoms with van der Waals surface area (Å²) in [6.45, 7) is 3.31. The van der Waals surface area contributed by atoms with Crippen molar-refractivity contribution in [3.05, 3.63) is 6.33 Å². The lowest BCUT2D eigenvalue weighted by atomic mass is 9.97. The van der Waals surface area contributed by atoms with Crippen LogP contribution >= 0.6 is 0 Å². The Balaban J connectivity index is 1.90. The van der Waals surface area contributed by atoms with Crippen LogP contribution in [-0.2, 0) is 11.3 Å². The van der Waals surface area contributed by atoms with Gasteiger partial charge in [-0.25, -0.2) is 4.68 Å². The minimum Gasteiger partial charge on any atom is -0.393 e. The molecule has 7 nitrogen and oxygen atoms in total. The molecule has 0 radical (unpaired) electrons. The maximum Gasteiger partial charge on any atom is 0.244 e. The molecule has 1 aliphatic heterocycles. The molecule has 1 aromatic rings. The lowest BCUT2D eigenvalue weighted by Crippen LogP contribution is -2.46. The van der Waals surface area contributed by atoms with E-state index in [1.54, 1.807) is 4.90 Å². The van der Waals surface area contributed by atoms with E-state index < -0.39 is 0 Å². The van der Waals surface area contributed by atoms with Gasteiger partial charge in [-0.15, -0.1) is 5.10 Å². The summed E-state index contributed by atoms with van der Waals surface area (Å²) < 4.78 is 1.40. The fourth-order valence-electron chi connectivity index (χ4n) is 1.85. The van der Waals surface area contributed by atoms with Crippen molar-refractivity contribution in [3.63, 3.8) is 0 Å². The summed E-state index contributed by atoms with van der Waals surface area (Å²) >= 11 is 0. The largest absolute Gasteiger partial charge is 0.393 e. The van der Waals surface area contributed by atoms with E-state index in [1.807, 2.05) is 6.92 Å². The van der Waals surface area contributed by atoms with E-state index >= 15 is 0 Å². The molecule has 16 heavy (non-hydrogen) atoms. The van der Waals surface area contributed by atoms with Crippen LogP contribution in [-0.4, -0.2) is 55.3 Å². The van der Waals surface area contributed by atoms with Crippen molar-refractivity contribution in [1.82, 2.24) is 25.1 Å². The average Bonchev–Trinajstić information content (AvgIpc) is 2.74. The van der Waals surface area contributed by atoms with Crippen molar-refractivity contribution in [3.8, 4) is 0 Å². The predicted molar refractivity (Wildman–Crippen MR) is 54.2 cm³/mol. The van der Waals surface area contributed by atoms with E-state index in [2.05, 4.69) is 15.5 Å². The first-order chi connectivity index (χ1) is 7.66. The van der Waals surface area contributed by atoms with Crippen molar-refractivity contribution >= 4 is 5.91 Å². The molecule has 1 fully saturated rings. The summed E-state index contributed by atoms with van der Waals surface area (Å²) in [6, 6.07) is 0. The average molecular weight is 225 g/mol. The number of carbonyl (C=O) groups is 1. The van der Waals surface area contributed by atoms with Crippen LogP contribution in [0.3, 0.4) is 0 Å². The van der Waals surface area contributed by atoms with E-state index in [0.29, 0.717) is 19.5 Å². The smallest absolute Gasteiger partial charge is 0.244 e. The summed E-state index contributed by atoms with van der Waals surface area (Å²) in [5.74, 6) is 0.123. The molecule has 0 aliphatic carbocycles. The SMILES string of the molecule is CC1CN(C(=O)Cn2cnnn2)CCC1O. The Morgan fingerprint density at radius 3 is 3.06 bits per heavy atom. The molecule has 1 N–H and O–H groups in total. The molecule has 7 heteroatoms. The van der Waals surface area contributed by atoms with Crippen LogP contribution in [0.2, 0.25) is 0 Å². The van der Waals surface area contributed by atoms with Gasteiger partial charge in [0, 0.05) is 13.1 Å². The summed E-state index contributed by atoms with van der Waals surface area (Å²) in [5.41, 5.74) is 0. The molecule has 2 rings (SSSR count). The predicted octanol–water partition coefficient (Wildman–Crippen LogP) is -1.10. The molecule has 1 amide bonds. The quantitative estimate of drug-likeness (QED) is 0.691. The molecule has 1 saturated heterocycles. The molecule has 2 unspecified atom stereocenters. The van der Waals surface area contributed by atoms with Crippen LogP contribution in [0.25, 0.3) is 0 Å². The van der Waals surface area contributed by atoms with Gasteiger partial charge in [0.2, 0.25) is 5.91 Å². The number of rotatable bonds is 2. The standard InChI is InChI=1S/C9H15N5O2/c1-7-4-13(3-2-8(7)15)9(16)5-14-6-10-11-12-14/h6-8,15H,2-5H2,1H3. The van der Waals surface area contributed by atoms with E-state index in [0.717, 1.165) is 0 Å². The molecule has 0 spiro atoms. The van der Waals surface area contributed by atoms with Gasteiger partial charge in [0.05, 0.1) is 6.10 Å². The van der Waals surface area contributed by atoms with Crippen LogP contribution in [0.15, 0.2) is 6.33 Å². The second-order valence-corrected chi connectivity index (χ2v) is 4.18. The van der Waals surface area contributed by atoms with Crippen molar-refractivity contribution in [2.24, 2.45) is 5.92 Å². The van der Waals surface area contributed by atoms with Gasteiger partial charge >= 0.3 is 0 Å². The van der Waals surface area contributed by atoms with Crippen molar-refractivity contribution in [2.75, 3.05) is 13.1 Å². The third-order valence-electron chi connectivity index (χ3n) is 2.90. The first-order valence-corrected chi connectivity index (χ1v) is 5.33. The first-order valence-electron chi connectivity index (χ1n) is 5.33. The van der Waals surface area contributed by atoms with Crippen molar-refractivity contribution < 1.29 is 9.90 Å². The number of hydrogen-bond donors (Lipinski definition) is 1. The molecule has 2 atom stereocenters. The number of nitrogens with zero attached hydrogens (tertiary/aromatic N) is 5. The highest BCUT2D eigenvalue weighted by atomic mass is 16.3. The molecular formula is C9H15N5O2.